The van der Waals surface area contributed by atoms with Crippen molar-refractivity contribution in [3.8, 4) is 0 Å². The van der Waals surface area contributed by atoms with E-state index in [2.05, 4.69) is 11.5 Å². The molecule has 0 fully saturated rings. The van der Waals surface area contributed by atoms with Gasteiger partial charge in [0.1, 0.15) is 0 Å². The van der Waals surface area contributed by atoms with Crippen molar-refractivity contribution in [1.29, 1.82) is 0 Å². The molecule has 0 spiro atoms. The van der Waals surface area contributed by atoms with Crippen LogP contribution in [0.25, 0.3) is 6.08 Å². The number of carbonyl (C=O) groups is 3. The van der Waals surface area contributed by atoms with Gasteiger partial charge in [-0.15, -0.1) is 0 Å². The molecule has 7 nitrogen and oxygen atoms in total. The van der Waals surface area contributed by atoms with Crippen LogP contribution in [-0.2, 0) is 19.3 Å². The fourth-order valence-corrected chi connectivity index (χ4v) is 2.09. The van der Waals surface area contributed by atoms with E-state index >= 15 is 0 Å². The molecule has 3 N–H and O–H groups in total. The van der Waals surface area contributed by atoms with Crippen molar-refractivity contribution in [1.82, 2.24) is 0 Å². The Hall–Kier alpha value is -3.45. The number of carboxylic acid groups (broad SMARTS) is 2. The van der Waals surface area contributed by atoms with Gasteiger partial charge in [0.25, 0.3) is 0 Å². The van der Waals surface area contributed by atoms with Crippen LogP contribution < -0.4 is 0 Å². The summed E-state index contributed by atoms with van der Waals surface area (Å²) in [5.74, 6) is -3.35. The van der Waals surface area contributed by atoms with Crippen LogP contribution in [0.1, 0.15) is 32.3 Å². The zero-order valence-electron chi connectivity index (χ0n) is 16.4. The second-order valence-electron chi connectivity index (χ2n) is 5.74. The first-order valence-corrected chi connectivity index (χ1v) is 8.87. The van der Waals surface area contributed by atoms with Crippen molar-refractivity contribution in [2.24, 2.45) is 5.92 Å². The summed E-state index contributed by atoms with van der Waals surface area (Å²) in [4.78, 5) is 35.2. The standard InChI is InChI=1S/C13H14O2.C9H12O5/c1-2-12(13(14)15)10-6-9-11-7-4-3-5-8-11;1-3-7(4-5-8(10)11)6(2)9(12)14-13/h3-10H,2H2,1H3,(H,14,15);4-5,7,13H,2-3H2,1H3,(H,10,11). The molecule has 7 heteroatoms. The summed E-state index contributed by atoms with van der Waals surface area (Å²) in [5.41, 5.74) is 1.50. The molecule has 0 aliphatic carbocycles. The van der Waals surface area contributed by atoms with E-state index in [1.807, 2.05) is 43.3 Å². The predicted molar refractivity (Wildman–Crippen MR) is 110 cm³/mol. The molecule has 0 heterocycles. The highest BCUT2D eigenvalue weighted by Gasteiger charge is 2.16. The molecule has 1 aromatic carbocycles. The molecule has 0 amide bonds. The molecule has 0 bridgehead atoms. The van der Waals surface area contributed by atoms with Gasteiger partial charge in [0.05, 0.1) is 0 Å². The minimum atomic E-state index is -1.10. The van der Waals surface area contributed by atoms with Crippen LogP contribution in [0.2, 0.25) is 0 Å². The van der Waals surface area contributed by atoms with Crippen LogP contribution in [-0.4, -0.2) is 33.4 Å². The molecule has 0 radical (unpaired) electrons. The van der Waals surface area contributed by atoms with E-state index in [1.165, 1.54) is 6.08 Å². The van der Waals surface area contributed by atoms with E-state index in [1.54, 1.807) is 19.1 Å². The summed E-state index contributed by atoms with van der Waals surface area (Å²) in [5, 5.41) is 25.2. The smallest absolute Gasteiger partial charge is 0.368 e. The Labute approximate surface area is 169 Å². The van der Waals surface area contributed by atoms with Gasteiger partial charge in [0.2, 0.25) is 0 Å². The lowest BCUT2D eigenvalue weighted by atomic mass is 9.97. The molecular formula is C22H26O7. The predicted octanol–water partition coefficient (Wildman–Crippen LogP) is 4.35. The minimum absolute atomic E-state index is 0.0208. The van der Waals surface area contributed by atoms with Crippen molar-refractivity contribution in [3.63, 3.8) is 0 Å². The monoisotopic (exact) mass is 402 g/mol. The van der Waals surface area contributed by atoms with Gasteiger partial charge in [-0.25, -0.2) is 14.4 Å². The van der Waals surface area contributed by atoms with Gasteiger partial charge in [0.15, 0.2) is 0 Å². The Morgan fingerprint density at radius 1 is 1.14 bits per heavy atom. The first-order chi connectivity index (χ1) is 13.8. The Kier molecular flexibility index (Phi) is 12.9. The Balaban J connectivity index is 0.000000543. The second-order valence-corrected chi connectivity index (χ2v) is 5.74. The molecule has 1 rings (SSSR count). The number of carbonyl (C=O) groups excluding carboxylic acids is 1. The fraction of sp³-hybridized carbons (Fsp3) is 0.227. The highest BCUT2D eigenvalue weighted by molar-refractivity contribution is 5.88. The van der Waals surface area contributed by atoms with Crippen molar-refractivity contribution in [2.75, 3.05) is 0 Å². The molecular weight excluding hydrogens is 376 g/mol. The summed E-state index contributed by atoms with van der Waals surface area (Å²) in [6, 6.07) is 9.78. The topological polar surface area (TPSA) is 121 Å². The lowest BCUT2D eigenvalue weighted by Gasteiger charge is -2.09. The van der Waals surface area contributed by atoms with E-state index in [4.69, 9.17) is 15.5 Å². The highest BCUT2D eigenvalue weighted by atomic mass is 17.1. The van der Waals surface area contributed by atoms with Crippen LogP contribution in [0.4, 0.5) is 0 Å². The average Bonchev–Trinajstić information content (AvgIpc) is 2.71. The van der Waals surface area contributed by atoms with Crippen LogP contribution in [0.5, 0.6) is 0 Å². The number of benzene rings is 1. The summed E-state index contributed by atoms with van der Waals surface area (Å²) in [6.07, 6.45) is 8.56. The van der Waals surface area contributed by atoms with Gasteiger partial charge in [-0.2, -0.15) is 5.26 Å². The summed E-state index contributed by atoms with van der Waals surface area (Å²) in [6.45, 7) is 6.98. The molecule has 0 saturated carbocycles. The van der Waals surface area contributed by atoms with Crippen LogP contribution in [0.15, 0.2) is 72.4 Å². The van der Waals surface area contributed by atoms with E-state index in [-0.39, 0.29) is 5.57 Å². The first-order valence-electron chi connectivity index (χ1n) is 8.87. The van der Waals surface area contributed by atoms with Gasteiger partial charge >= 0.3 is 17.9 Å². The van der Waals surface area contributed by atoms with Gasteiger partial charge in [-0.3, -0.25) is 4.89 Å². The van der Waals surface area contributed by atoms with Gasteiger partial charge < -0.3 is 10.2 Å². The lowest BCUT2D eigenvalue weighted by Crippen LogP contribution is -2.12. The number of aliphatic carboxylic acids is 2. The third-order valence-corrected chi connectivity index (χ3v) is 3.74. The maximum atomic E-state index is 10.8. The van der Waals surface area contributed by atoms with Crippen molar-refractivity contribution < 1.29 is 34.7 Å². The maximum absolute atomic E-state index is 10.8. The average molecular weight is 402 g/mol. The van der Waals surface area contributed by atoms with E-state index in [0.717, 1.165) is 11.6 Å². The van der Waals surface area contributed by atoms with Crippen LogP contribution in [0.3, 0.4) is 0 Å². The summed E-state index contributed by atoms with van der Waals surface area (Å²) < 4.78 is 0. The van der Waals surface area contributed by atoms with Crippen molar-refractivity contribution in [3.05, 3.63) is 77.9 Å². The molecule has 1 aromatic rings. The first kappa shape index (κ1) is 25.6. The number of hydrogen-bond acceptors (Lipinski definition) is 5. The Morgan fingerprint density at radius 2 is 1.76 bits per heavy atom. The molecule has 1 atom stereocenters. The highest BCUT2D eigenvalue weighted by Crippen LogP contribution is 2.16. The van der Waals surface area contributed by atoms with Gasteiger partial charge in [-0.1, -0.05) is 75.1 Å². The minimum Gasteiger partial charge on any atom is -0.478 e. The van der Waals surface area contributed by atoms with Gasteiger partial charge in [0, 0.05) is 23.1 Å². The normalized spacial score (nSPS) is 12.2. The SMILES string of the molecule is C=C(C(=O)OO)C(C=CC(=O)O)CC.CCC(=CC=Cc1ccccc1)C(=O)O. The van der Waals surface area contributed by atoms with E-state index in [0.29, 0.717) is 18.4 Å². The molecule has 0 aliphatic rings. The number of hydrogen-bond donors (Lipinski definition) is 3. The summed E-state index contributed by atoms with van der Waals surface area (Å²) >= 11 is 0. The van der Waals surface area contributed by atoms with Crippen molar-refractivity contribution in [2.45, 2.75) is 26.7 Å². The van der Waals surface area contributed by atoms with Gasteiger partial charge in [-0.05, 0) is 18.4 Å². The fourth-order valence-electron chi connectivity index (χ4n) is 2.09. The second kappa shape index (κ2) is 14.6. The van der Waals surface area contributed by atoms with E-state index < -0.39 is 23.8 Å². The largest absolute Gasteiger partial charge is 0.478 e. The Morgan fingerprint density at radius 3 is 2.21 bits per heavy atom. The zero-order valence-corrected chi connectivity index (χ0v) is 16.4. The van der Waals surface area contributed by atoms with Crippen molar-refractivity contribution >= 4 is 24.0 Å². The molecule has 29 heavy (non-hydrogen) atoms. The number of rotatable bonds is 9. The molecule has 156 valence electrons. The van der Waals surface area contributed by atoms with Crippen LogP contribution in [0, 0.1) is 5.92 Å². The Bertz CT molecular complexity index is 774. The van der Waals surface area contributed by atoms with E-state index in [9.17, 15) is 14.4 Å². The molecule has 0 aliphatic heterocycles. The lowest BCUT2D eigenvalue weighted by molar-refractivity contribution is -0.229. The third-order valence-electron chi connectivity index (χ3n) is 3.74. The molecule has 0 saturated heterocycles. The quantitative estimate of drug-likeness (QED) is 0.243. The summed E-state index contributed by atoms with van der Waals surface area (Å²) in [7, 11) is 0. The van der Waals surface area contributed by atoms with Crippen LogP contribution >= 0.6 is 0 Å². The maximum Gasteiger partial charge on any atom is 0.368 e. The third kappa shape index (κ3) is 11.1. The molecule has 0 aromatic heterocycles. The zero-order chi connectivity index (χ0) is 22.2. The number of carboxylic acids is 2. The molecule has 1 unspecified atom stereocenters. The number of allylic oxidation sites excluding steroid dienone is 3.